The van der Waals surface area contributed by atoms with Gasteiger partial charge in [-0.05, 0) is 13.3 Å². The number of rotatable bonds is 3. The van der Waals surface area contributed by atoms with Crippen LogP contribution in [0.15, 0.2) is 0 Å². The summed E-state index contributed by atoms with van der Waals surface area (Å²) in [5, 5.41) is 0. The molecule has 0 aliphatic rings. The summed E-state index contributed by atoms with van der Waals surface area (Å²) in [6.45, 7) is 1.69. The van der Waals surface area contributed by atoms with Crippen molar-refractivity contribution in [3.63, 3.8) is 0 Å². The van der Waals surface area contributed by atoms with Gasteiger partial charge < -0.3 is 9.47 Å². The first kappa shape index (κ1) is 12.1. The smallest absolute Gasteiger partial charge is 0.431 e. The summed E-state index contributed by atoms with van der Waals surface area (Å²) in [4.78, 5) is 10.5. The lowest BCUT2D eigenvalue weighted by atomic mass is 10.3. The Hall–Kier alpha value is -0.940. The minimum Gasteiger partial charge on any atom is -0.431 e. The molecule has 78 valence electrons. The van der Waals surface area contributed by atoms with Gasteiger partial charge in [0.25, 0.3) is 0 Å². The third kappa shape index (κ3) is 7.42. The molecule has 0 saturated heterocycles. The van der Waals surface area contributed by atoms with Crippen LogP contribution in [-0.2, 0) is 9.47 Å². The summed E-state index contributed by atoms with van der Waals surface area (Å²) in [6, 6.07) is 0. The maximum absolute atomic E-state index is 11.5. The second kappa shape index (κ2) is 4.94. The van der Waals surface area contributed by atoms with Gasteiger partial charge >= 0.3 is 12.3 Å². The Labute approximate surface area is 73.8 Å². The van der Waals surface area contributed by atoms with Gasteiger partial charge in [-0.25, -0.2) is 4.79 Å². The molecule has 6 heteroatoms. The number of hydrogen-bond acceptors (Lipinski definition) is 3. The Bertz CT molecular complexity index is 167. The topological polar surface area (TPSA) is 35.5 Å². The maximum atomic E-state index is 11.5. The van der Waals surface area contributed by atoms with Crippen LogP contribution in [0.2, 0.25) is 0 Å². The molecule has 0 N–H and O–H groups in total. The van der Waals surface area contributed by atoms with Crippen molar-refractivity contribution >= 4 is 6.16 Å². The Kier molecular flexibility index (Phi) is 4.58. The third-order valence-corrected chi connectivity index (χ3v) is 1.23. The van der Waals surface area contributed by atoms with Gasteiger partial charge in [-0.2, -0.15) is 13.2 Å². The van der Waals surface area contributed by atoms with Gasteiger partial charge in [0.2, 0.25) is 0 Å². The zero-order valence-electron chi connectivity index (χ0n) is 7.35. The van der Waals surface area contributed by atoms with Crippen molar-refractivity contribution in [3.05, 3.63) is 0 Å². The van der Waals surface area contributed by atoms with E-state index in [4.69, 9.17) is 0 Å². The van der Waals surface area contributed by atoms with E-state index in [9.17, 15) is 18.0 Å². The summed E-state index contributed by atoms with van der Waals surface area (Å²) >= 11 is 0. The van der Waals surface area contributed by atoms with E-state index in [2.05, 4.69) is 9.47 Å². The first-order chi connectivity index (χ1) is 5.85. The van der Waals surface area contributed by atoms with Gasteiger partial charge in [-0.3, -0.25) is 0 Å². The van der Waals surface area contributed by atoms with Crippen molar-refractivity contribution in [2.75, 3.05) is 6.61 Å². The molecule has 0 fully saturated rings. The van der Waals surface area contributed by atoms with E-state index >= 15 is 0 Å². The van der Waals surface area contributed by atoms with Crippen LogP contribution in [-0.4, -0.2) is 25.0 Å². The number of halogens is 3. The molecule has 0 aliphatic carbocycles. The summed E-state index contributed by atoms with van der Waals surface area (Å²) in [7, 11) is 0. The van der Waals surface area contributed by atoms with Gasteiger partial charge in [-0.1, -0.05) is 6.92 Å². The fourth-order valence-electron chi connectivity index (χ4n) is 0.422. The van der Waals surface area contributed by atoms with Crippen molar-refractivity contribution < 1.29 is 27.4 Å². The molecule has 0 bridgehead atoms. The molecule has 0 radical (unpaired) electrons. The average molecular weight is 200 g/mol. The van der Waals surface area contributed by atoms with Crippen LogP contribution in [0.5, 0.6) is 0 Å². The van der Waals surface area contributed by atoms with Crippen molar-refractivity contribution in [3.8, 4) is 0 Å². The molecule has 0 unspecified atom stereocenters. The molecule has 0 amide bonds. The second-order valence-corrected chi connectivity index (χ2v) is 2.49. The highest BCUT2D eigenvalue weighted by Crippen LogP contribution is 2.14. The van der Waals surface area contributed by atoms with E-state index < -0.39 is 25.0 Å². The quantitative estimate of drug-likeness (QED) is 0.656. The highest BCUT2D eigenvalue weighted by molar-refractivity contribution is 5.60. The summed E-state index contributed by atoms with van der Waals surface area (Å²) in [5.74, 6) is 0. The van der Waals surface area contributed by atoms with E-state index in [1.54, 1.807) is 13.8 Å². The van der Waals surface area contributed by atoms with E-state index in [1.165, 1.54) is 0 Å². The lowest BCUT2D eigenvalue weighted by molar-refractivity contribution is -0.166. The van der Waals surface area contributed by atoms with Crippen LogP contribution in [0, 0.1) is 0 Å². The first-order valence-corrected chi connectivity index (χ1v) is 3.75. The standard InChI is InChI=1S/C7H11F3O3/c1-3-5(2)13-6(11)12-4-7(8,9)10/h5H,3-4H2,1-2H3/t5-/m0/s1. The predicted octanol–water partition coefficient (Wildman–Crippen LogP) is 2.50. The van der Waals surface area contributed by atoms with Gasteiger partial charge in [-0.15, -0.1) is 0 Å². The molecular formula is C7H11F3O3. The molecule has 3 nitrogen and oxygen atoms in total. The highest BCUT2D eigenvalue weighted by Gasteiger charge is 2.30. The van der Waals surface area contributed by atoms with Crippen LogP contribution >= 0.6 is 0 Å². The Balaban J connectivity index is 3.64. The predicted molar refractivity (Wildman–Crippen MR) is 38.2 cm³/mol. The minimum atomic E-state index is -4.51. The summed E-state index contributed by atoms with van der Waals surface area (Å²) < 4.78 is 42.7. The molecular weight excluding hydrogens is 189 g/mol. The van der Waals surface area contributed by atoms with E-state index in [1.807, 2.05) is 0 Å². The third-order valence-electron chi connectivity index (χ3n) is 1.23. The van der Waals surface area contributed by atoms with E-state index in [0.717, 1.165) is 0 Å². The number of alkyl halides is 3. The molecule has 1 atom stereocenters. The van der Waals surface area contributed by atoms with Crippen molar-refractivity contribution in [2.45, 2.75) is 32.5 Å². The molecule has 0 aromatic heterocycles. The van der Waals surface area contributed by atoms with Gasteiger partial charge in [0.15, 0.2) is 6.61 Å². The monoisotopic (exact) mass is 200 g/mol. The van der Waals surface area contributed by atoms with Crippen LogP contribution in [0.25, 0.3) is 0 Å². The van der Waals surface area contributed by atoms with Crippen molar-refractivity contribution in [1.82, 2.24) is 0 Å². The maximum Gasteiger partial charge on any atom is 0.508 e. The molecule has 0 saturated carbocycles. The lowest BCUT2D eigenvalue weighted by Gasteiger charge is -2.11. The first-order valence-electron chi connectivity index (χ1n) is 3.75. The number of carbonyl (C=O) groups is 1. The summed E-state index contributed by atoms with van der Waals surface area (Å²) in [6.07, 6.45) is -5.69. The number of hydrogen-bond donors (Lipinski definition) is 0. The largest absolute Gasteiger partial charge is 0.508 e. The van der Waals surface area contributed by atoms with Crippen molar-refractivity contribution in [2.24, 2.45) is 0 Å². The average Bonchev–Trinajstić information content (AvgIpc) is 1.99. The Morgan fingerprint density at radius 2 is 2.00 bits per heavy atom. The van der Waals surface area contributed by atoms with Crippen molar-refractivity contribution in [1.29, 1.82) is 0 Å². The van der Waals surface area contributed by atoms with Gasteiger partial charge in [0.1, 0.15) is 6.10 Å². The lowest BCUT2D eigenvalue weighted by Crippen LogP contribution is -2.23. The normalized spacial score (nSPS) is 13.6. The molecule has 0 heterocycles. The van der Waals surface area contributed by atoms with Gasteiger partial charge in [0, 0.05) is 0 Å². The molecule has 0 aromatic carbocycles. The van der Waals surface area contributed by atoms with Crippen LogP contribution in [0.4, 0.5) is 18.0 Å². The minimum absolute atomic E-state index is 0.430. The van der Waals surface area contributed by atoms with E-state index in [0.29, 0.717) is 6.42 Å². The van der Waals surface area contributed by atoms with Crippen LogP contribution in [0.3, 0.4) is 0 Å². The number of carbonyl (C=O) groups excluding carboxylic acids is 1. The van der Waals surface area contributed by atoms with E-state index in [-0.39, 0.29) is 0 Å². The Morgan fingerprint density at radius 3 is 2.38 bits per heavy atom. The SMILES string of the molecule is CC[C@H](C)OC(=O)OCC(F)(F)F. The molecule has 0 aliphatic heterocycles. The molecule has 0 aromatic rings. The molecule has 0 rings (SSSR count). The Morgan fingerprint density at radius 1 is 1.46 bits per heavy atom. The van der Waals surface area contributed by atoms with Gasteiger partial charge in [0.05, 0.1) is 0 Å². The fraction of sp³-hybridized carbons (Fsp3) is 0.857. The zero-order valence-corrected chi connectivity index (χ0v) is 7.35. The molecule has 13 heavy (non-hydrogen) atoms. The highest BCUT2D eigenvalue weighted by atomic mass is 19.4. The summed E-state index contributed by atoms with van der Waals surface area (Å²) in [5.41, 5.74) is 0. The molecule has 0 spiro atoms. The van der Waals surface area contributed by atoms with Crippen LogP contribution in [0.1, 0.15) is 20.3 Å². The van der Waals surface area contributed by atoms with Crippen LogP contribution < -0.4 is 0 Å². The zero-order chi connectivity index (χ0) is 10.5. The fourth-order valence-corrected chi connectivity index (χ4v) is 0.422. The second-order valence-electron chi connectivity index (χ2n) is 2.49. The number of ether oxygens (including phenoxy) is 2.